The van der Waals surface area contributed by atoms with Crippen molar-refractivity contribution in [2.45, 2.75) is 51.4 Å². The Kier molecular flexibility index (Phi) is 15.5. The molecule has 1 amide bonds. The Labute approximate surface area is 290 Å². The summed E-state index contributed by atoms with van der Waals surface area (Å²) in [5, 5.41) is 32.5. The van der Waals surface area contributed by atoms with E-state index in [0.717, 1.165) is 24.9 Å². The number of anilines is 2. The second-order valence-electron chi connectivity index (χ2n) is 10.5. The van der Waals surface area contributed by atoms with Crippen LogP contribution in [0.1, 0.15) is 47.9 Å². The molecule has 1 fully saturated rings. The number of amides is 1. The van der Waals surface area contributed by atoms with Gasteiger partial charge in [0.25, 0.3) is 16.1 Å². The Morgan fingerprint density at radius 3 is 2.52 bits per heavy atom. The highest BCUT2D eigenvalue weighted by Gasteiger charge is 2.25. The van der Waals surface area contributed by atoms with Crippen molar-refractivity contribution in [3.8, 4) is 5.75 Å². The van der Waals surface area contributed by atoms with Crippen LogP contribution in [0.25, 0.3) is 0 Å². The Morgan fingerprint density at radius 1 is 1.14 bits per heavy atom. The van der Waals surface area contributed by atoms with Crippen LogP contribution in [0.5, 0.6) is 5.75 Å². The molecule has 0 saturated carbocycles. The highest BCUT2D eigenvalue weighted by Crippen LogP contribution is 2.27. The average Bonchev–Trinajstić information content (AvgIpc) is 3.53. The molecule has 21 heteroatoms. The lowest BCUT2D eigenvalue weighted by atomic mass is 10.2. The fourth-order valence-corrected chi connectivity index (χ4v) is 4.75. The number of carboxylic acid groups (broad SMARTS) is 1. The molecule has 0 aliphatic carbocycles. The van der Waals surface area contributed by atoms with Gasteiger partial charge in [-0.15, -0.1) is 20.2 Å². The van der Waals surface area contributed by atoms with Crippen LogP contribution in [-0.4, -0.2) is 92.7 Å². The molecule has 270 valence electrons. The summed E-state index contributed by atoms with van der Waals surface area (Å²) in [7, 11) is 1.58. The molecular formula is C29H36ClN9O11. The molecule has 1 saturated heterocycles. The zero-order chi connectivity index (χ0) is 36.5. The van der Waals surface area contributed by atoms with Gasteiger partial charge in [0.05, 0.1) is 38.3 Å². The number of carbonyl (C=O) groups is 2. The van der Waals surface area contributed by atoms with E-state index in [-0.39, 0.29) is 32.1 Å². The number of aromatic nitrogens is 4. The predicted octanol–water partition coefficient (Wildman–Crippen LogP) is 2.72. The second-order valence-corrected chi connectivity index (χ2v) is 10.9. The highest BCUT2D eigenvalue weighted by atomic mass is 35.5. The van der Waals surface area contributed by atoms with E-state index in [1.807, 2.05) is 18.2 Å². The molecule has 1 aliphatic rings. The third kappa shape index (κ3) is 13.1. The summed E-state index contributed by atoms with van der Waals surface area (Å²) in [6, 6.07) is 7.63. The molecule has 50 heavy (non-hydrogen) atoms. The molecule has 0 unspecified atom stereocenters. The van der Waals surface area contributed by atoms with Gasteiger partial charge < -0.3 is 39.8 Å². The number of hydrogen-bond donors (Lipinski definition) is 3. The van der Waals surface area contributed by atoms with Gasteiger partial charge in [-0.25, -0.2) is 15.0 Å². The van der Waals surface area contributed by atoms with Gasteiger partial charge in [-0.1, -0.05) is 17.7 Å². The van der Waals surface area contributed by atoms with E-state index < -0.39 is 28.9 Å². The van der Waals surface area contributed by atoms with E-state index in [0.29, 0.717) is 46.5 Å². The first-order valence-corrected chi connectivity index (χ1v) is 15.5. The monoisotopic (exact) mass is 721 g/mol. The van der Waals surface area contributed by atoms with Crippen LogP contribution in [0.2, 0.25) is 5.02 Å². The predicted molar refractivity (Wildman–Crippen MR) is 174 cm³/mol. The van der Waals surface area contributed by atoms with Gasteiger partial charge in [-0.2, -0.15) is 4.98 Å². The summed E-state index contributed by atoms with van der Waals surface area (Å²) in [5.41, 5.74) is 1.28. The largest absolute Gasteiger partial charge is 0.495 e. The van der Waals surface area contributed by atoms with E-state index in [4.69, 9.17) is 31.2 Å². The quantitative estimate of drug-likeness (QED) is 0.0969. The summed E-state index contributed by atoms with van der Waals surface area (Å²) < 4.78 is 9.94. The van der Waals surface area contributed by atoms with Gasteiger partial charge in [0, 0.05) is 37.7 Å². The van der Waals surface area contributed by atoms with Crippen molar-refractivity contribution in [2.75, 3.05) is 43.7 Å². The van der Waals surface area contributed by atoms with Gasteiger partial charge in [0.15, 0.2) is 6.10 Å². The third-order valence-electron chi connectivity index (χ3n) is 6.90. The molecule has 2 aromatic heterocycles. The molecule has 3 aromatic rings. The van der Waals surface area contributed by atoms with Crippen LogP contribution >= 0.6 is 11.6 Å². The van der Waals surface area contributed by atoms with Crippen LogP contribution in [0.3, 0.4) is 0 Å². The van der Waals surface area contributed by atoms with E-state index in [1.165, 1.54) is 0 Å². The van der Waals surface area contributed by atoms with Crippen LogP contribution in [0, 0.1) is 20.2 Å². The fraction of sp³-hybridized carbons (Fsp3) is 0.448. The number of halogens is 1. The molecule has 4 rings (SSSR count). The van der Waals surface area contributed by atoms with Crippen LogP contribution < -0.4 is 20.3 Å². The zero-order valence-corrected chi connectivity index (χ0v) is 27.9. The Hall–Kier alpha value is -5.63. The smallest absolute Gasteiger partial charge is 0.305 e. The lowest BCUT2D eigenvalue weighted by Gasteiger charge is -2.22. The minimum absolute atomic E-state index is 0.189. The normalized spacial score (nSPS) is 14.1. The van der Waals surface area contributed by atoms with Gasteiger partial charge >= 0.3 is 5.97 Å². The number of ether oxygens (including phenoxy) is 2. The molecule has 0 spiro atoms. The molecular weight excluding hydrogens is 686 g/mol. The summed E-state index contributed by atoms with van der Waals surface area (Å²) in [6.07, 6.45) is 5.45. The third-order valence-corrected chi connectivity index (χ3v) is 7.19. The average molecular weight is 722 g/mol. The summed E-state index contributed by atoms with van der Waals surface area (Å²) in [5.74, 6) is 0.792. The number of benzene rings is 1. The van der Waals surface area contributed by atoms with E-state index >= 15 is 0 Å². The molecule has 0 bridgehead atoms. The first kappa shape index (κ1) is 38.8. The number of methoxy groups -OCH3 is 1. The molecule has 2 atom stereocenters. The van der Waals surface area contributed by atoms with Crippen molar-refractivity contribution in [3.05, 3.63) is 85.1 Å². The number of carbonyl (C=O) groups excluding carboxylic acids is 1. The number of hydrogen-bond acceptors (Lipinski definition) is 16. The highest BCUT2D eigenvalue weighted by molar-refractivity contribution is 6.32. The maximum atomic E-state index is 12.9. The van der Waals surface area contributed by atoms with Crippen molar-refractivity contribution >= 4 is 35.2 Å². The molecule has 3 N–H and O–H groups in total. The lowest BCUT2D eigenvalue weighted by molar-refractivity contribution is -0.790. The van der Waals surface area contributed by atoms with Gasteiger partial charge in [0.2, 0.25) is 5.95 Å². The van der Waals surface area contributed by atoms with Crippen molar-refractivity contribution in [1.29, 1.82) is 0 Å². The number of aliphatic carboxylic acids is 1. The Morgan fingerprint density at radius 2 is 1.90 bits per heavy atom. The standard InChI is InChI=1S/C23H26ClN7O2.C6H10N2O9/c1-15-5-3-10-31(15)23-29-13-17(22(32)28-14-20-25-8-4-9-26-20)21(30-23)27-12-16-6-7-19(33-2)18(24)11-16;9-6(10)1-2-15-3-5(17-8(13)14)4-16-7(11)12/h4,6-9,11,13,15H,3,5,10,12,14H2,1-2H3,(H,28,32)(H,27,29,30);5H,1-4H2,(H,9,10)/t15-;5-/m00/s1. The number of rotatable bonds is 18. The Balaban J connectivity index is 0.000000338. The first-order chi connectivity index (χ1) is 24.0. The number of nitrogens with zero attached hydrogens (tertiary/aromatic N) is 7. The zero-order valence-electron chi connectivity index (χ0n) is 27.1. The fourth-order valence-electron chi connectivity index (χ4n) is 4.47. The van der Waals surface area contributed by atoms with Crippen molar-refractivity contribution in [2.24, 2.45) is 0 Å². The van der Waals surface area contributed by atoms with Crippen LogP contribution in [-0.2, 0) is 32.3 Å². The van der Waals surface area contributed by atoms with Crippen LogP contribution in [0.15, 0.2) is 42.9 Å². The van der Waals surface area contributed by atoms with Gasteiger partial charge in [-0.3, -0.25) is 9.59 Å². The number of nitrogens with one attached hydrogen (secondary N) is 2. The summed E-state index contributed by atoms with van der Waals surface area (Å²) in [6.45, 7) is 2.43. The lowest BCUT2D eigenvalue weighted by Crippen LogP contribution is -2.30. The SMILES string of the molecule is COc1ccc(CNc2nc(N3CCC[C@@H]3C)ncc2C(=O)NCc2ncccn2)cc1Cl.O=C(O)CCOC[C@@H](CO[N+](=O)[O-])O[N+](=O)[O-]. The minimum atomic E-state index is -1.29. The topological polar surface area (TPSA) is 256 Å². The molecule has 1 aliphatic heterocycles. The van der Waals surface area contributed by atoms with E-state index in [1.54, 1.807) is 31.8 Å². The molecule has 20 nitrogen and oxygen atoms in total. The second kappa shape index (κ2) is 20.0. The summed E-state index contributed by atoms with van der Waals surface area (Å²) >= 11 is 6.26. The van der Waals surface area contributed by atoms with Crippen LogP contribution in [0.4, 0.5) is 11.8 Å². The maximum Gasteiger partial charge on any atom is 0.305 e. The van der Waals surface area contributed by atoms with Gasteiger partial charge in [-0.05, 0) is 43.5 Å². The van der Waals surface area contributed by atoms with E-state index in [2.05, 4.69) is 47.1 Å². The molecule has 3 heterocycles. The first-order valence-electron chi connectivity index (χ1n) is 15.1. The number of carboxylic acids is 1. The summed E-state index contributed by atoms with van der Waals surface area (Å²) in [4.78, 5) is 70.4. The minimum Gasteiger partial charge on any atom is -0.495 e. The van der Waals surface area contributed by atoms with Crippen molar-refractivity contribution in [1.82, 2.24) is 25.3 Å². The maximum absolute atomic E-state index is 12.9. The van der Waals surface area contributed by atoms with Gasteiger partial charge in [0.1, 0.15) is 29.6 Å². The Bertz CT molecular complexity index is 1590. The van der Waals surface area contributed by atoms with E-state index in [9.17, 15) is 29.8 Å². The van der Waals surface area contributed by atoms with Crippen molar-refractivity contribution < 1.29 is 44.0 Å². The molecule has 1 aromatic carbocycles. The van der Waals surface area contributed by atoms with Crippen molar-refractivity contribution in [3.63, 3.8) is 0 Å². The molecule has 0 radical (unpaired) electrons.